The fraction of sp³-hybridized carbons (Fsp3) is 0.182. The summed E-state index contributed by atoms with van der Waals surface area (Å²) in [4.78, 5) is 0. The number of hydrogen-bond acceptors (Lipinski definition) is 4. The van der Waals surface area contributed by atoms with E-state index in [1.807, 2.05) is 24.3 Å². The maximum atomic E-state index is 5.43. The summed E-state index contributed by atoms with van der Waals surface area (Å²) in [6.07, 6.45) is 1.66. The first kappa shape index (κ1) is 11.2. The van der Waals surface area contributed by atoms with Crippen molar-refractivity contribution in [1.82, 2.24) is 5.16 Å². The largest absolute Gasteiger partial charge is 0.379 e. The Labute approximate surface area is 102 Å². The molecule has 0 radical (unpaired) electrons. The molecule has 0 saturated heterocycles. The number of aromatic nitrogens is 1. The number of nitrogens with one attached hydrogen (secondary N) is 1. The van der Waals surface area contributed by atoms with Crippen LogP contribution in [0.15, 0.2) is 39.5 Å². The summed E-state index contributed by atoms with van der Waals surface area (Å²) in [7, 11) is 0. The van der Waals surface area contributed by atoms with E-state index in [2.05, 4.69) is 26.4 Å². The van der Waals surface area contributed by atoms with Crippen molar-refractivity contribution in [3.63, 3.8) is 0 Å². The van der Waals surface area contributed by atoms with Gasteiger partial charge in [0.1, 0.15) is 5.69 Å². The number of rotatable bonds is 4. The van der Waals surface area contributed by atoms with E-state index in [1.165, 1.54) is 0 Å². The Morgan fingerprint density at radius 1 is 1.31 bits per heavy atom. The molecule has 1 aromatic carbocycles. The predicted octanol–water partition coefficient (Wildman–Crippen LogP) is 2.47. The molecule has 2 aromatic rings. The molecular weight excluding hydrogens is 270 g/mol. The lowest BCUT2D eigenvalue weighted by Gasteiger charge is -2.03. The van der Waals surface area contributed by atoms with Crippen LogP contribution in [0, 0.1) is 0 Å². The molecule has 0 aliphatic heterocycles. The fourth-order valence-electron chi connectivity index (χ4n) is 1.38. The highest BCUT2D eigenvalue weighted by molar-refractivity contribution is 9.10. The lowest BCUT2D eigenvalue weighted by Crippen LogP contribution is -2.12. The van der Waals surface area contributed by atoms with Crippen molar-refractivity contribution in [2.24, 2.45) is 5.73 Å². The molecular formula is C11H12BrN3O. The van der Waals surface area contributed by atoms with Gasteiger partial charge in [-0.2, -0.15) is 0 Å². The first-order valence-corrected chi connectivity index (χ1v) is 5.75. The monoisotopic (exact) mass is 281 g/mol. The molecule has 0 amide bonds. The minimum atomic E-state index is 0.574. The lowest BCUT2D eigenvalue weighted by molar-refractivity contribution is 0.432. The van der Waals surface area contributed by atoms with E-state index in [1.54, 1.807) is 6.20 Å². The van der Waals surface area contributed by atoms with Gasteiger partial charge in [-0.15, -0.1) is 0 Å². The van der Waals surface area contributed by atoms with Gasteiger partial charge in [0.05, 0.1) is 6.20 Å². The Morgan fingerprint density at radius 3 is 2.75 bits per heavy atom. The summed E-state index contributed by atoms with van der Waals surface area (Å²) < 4.78 is 6.25. The summed E-state index contributed by atoms with van der Waals surface area (Å²) in [5, 5.41) is 6.95. The minimum absolute atomic E-state index is 0.574. The number of anilines is 1. The van der Waals surface area contributed by atoms with E-state index >= 15 is 0 Å². The van der Waals surface area contributed by atoms with Crippen LogP contribution in [0.2, 0.25) is 0 Å². The summed E-state index contributed by atoms with van der Waals surface area (Å²) in [5.74, 6) is 0.737. The van der Waals surface area contributed by atoms with E-state index in [4.69, 9.17) is 10.3 Å². The van der Waals surface area contributed by atoms with Crippen molar-refractivity contribution in [3.05, 3.63) is 34.9 Å². The van der Waals surface area contributed by atoms with Gasteiger partial charge in [-0.05, 0) is 24.3 Å². The molecule has 0 spiro atoms. The molecule has 0 atom stereocenters. The zero-order valence-electron chi connectivity index (χ0n) is 8.61. The van der Waals surface area contributed by atoms with Gasteiger partial charge >= 0.3 is 0 Å². The molecule has 1 heterocycles. The quantitative estimate of drug-likeness (QED) is 0.904. The average Bonchev–Trinajstić information content (AvgIpc) is 2.75. The van der Waals surface area contributed by atoms with Gasteiger partial charge in [0, 0.05) is 23.1 Å². The highest BCUT2D eigenvalue weighted by Gasteiger charge is 2.09. The van der Waals surface area contributed by atoms with Crippen LogP contribution in [0.3, 0.4) is 0 Å². The van der Waals surface area contributed by atoms with Gasteiger partial charge in [0.15, 0.2) is 5.76 Å². The van der Waals surface area contributed by atoms with Crippen molar-refractivity contribution in [2.45, 2.75) is 0 Å². The van der Waals surface area contributed by atoms with E-state index in [0.29, 0.717) is 13.1 Å². The molecule has 84 valence electrons. The van der Waals surface area contributed by atoms with E-state index < -0.39 is 0 Å². The smallest absolute Gasteiger partial charge is 0.189 e. The van der Waals surface area contributed by atoms with Crippen molar-refractivity contribution in [3.8, 4) is 11.3 Å². The first-order chi connectivity index (χ1) is 7.81. The normalized spacial score (nSPS) is 10.4. The molecule has 1 aromatic heterocycles. The summed E-state index contributed by atoms with van der Waals surface area (Å²) >= 11 is 3.39. The van der Waals surface area contributed by atoms with Crippen LogP contribution in [-0.4, -0.2) is 18.2 Å². The van der Waals surface area contributed by atoms with Crippen molar-refractivity contribution in [2.75, 3.05) is 18.4 Å². The topological polar surface area (TPSA) is 64.1 Å². The maximum absolute atomic E-state index is 5.43. The van der Waals surface area contributed by atoms with Crippen LogP contribution in [-0.2, 0) is 0 Å². The van der Waals surface area contributed by atoms with Gasteiger partial charge in [-0.3, -0.25) is 0 Å². The molecule has 0 unspecified atom stereocenters. The van der Waals surface area contributed by atoms with E-state index in [-0.39, 0.29) is 0 Å². The molecule has 4 nitrogen and oxygen atoms in total. The van der Waals surface area contributed by atoms with Crippen LogP contribution < -0.4 is 11.1 Å². The standard InChI is InChI=1S/C11H12BrN3O/c12-9-3-1-8(2-4-9)11-10(7-15-16-11)14-6-5-13/h1-4,7,14H,5-6,13H2. The molecule has 0 saturated carbocycles. The van der Waals surface area contributed by atoms with Crippen LogP contribution in [0.25, 0.3) is 11.3 Å². The Balaban J connectivity index is 2.26. The van der Waals surface area contributed by atoms with Crippen molar-refractivity contribution >= 4 is 21.6 Å². The highest BCUT2D eigenvalue weighted by Crippen LogP contribution is 2.28. The maximum Gasteiger partial charge on any atom is 0.189 e. The molecule has 0 bridgehead atoms. The molecule has 0 aliphatic rings. The van der Waals surface area contributed by atoms with Gasteiger partial charge in [0.25, 0.3) is 0 Å². The second-order valence-electron chi connectivity index (χ2n) is 3.29. The van der Waals surface area contributed by atoms with Crippen LogP contribution in [0.5, 0.6) is 0 Å². The third kappa shape index (κ3) is 2.43. The van der Waals surface area contributed by atoms with Gasteiger partial charge in [-0.25, -0.2) is 0 Å². The van der Waals surface area contributed by atoms with Gasteiger partial charge in [0.2, 0.25) is 0 Å². The van der Waals surface area contributed by atoms with Gasteiger partial charge < -0.3 is 15.6 Å². The zero-order valence-corrected chi connectivity index (χ0v) is 10.2. The molecule has 2 rings (SSSR count). The average molecular weight is 282 g/mol. The molecule has 5 heteroatoms. The SMILES string of the molecule is NCCNc1cnoc1-c1ccc(Br)cc1. The number of benzene rings is 1. The Hall–Kier alpha value is -1.33. The number of halogens is 1. The second kappa shape index (κ2) is 5.14. The summed E-state index contributed by atoms with van der Waals surface area (Å²) in [6.45, 7) is 1.27. The van der Waals surface area contributed by atoms with E-state index in [0.717, 1.165) is 21.5 Å². The van der Waals surface area contributed by atoms with Crippen LogP contribution in [0.4, 0.5) is 5.69 Å². The lowest BCUT2D eigenvalue weighted by atomic mass is 10.1. The van der Waals surface area contributed by atoms with Crippen LogP contribution >= 0.6 is 15.9 Å². The first-order valence-electron chi connectivity index (χ1n) is 4.96. The Bertz CT molecular complexity index is 453. The summed E-state index contributed by atoms with van der Waals surface area (Å²) in [5.41, 5.74) is 7.29. The predicted molar refractivity (Wildman–Crippen MR) is 67.2 cm³/mol. The second-order valence-corrected chi connectivity index (χ2v) is 4.21. The third-order valence-corrected chi connectivity index (χ3v) is 2.67. The Morgan fingerprint density at radius 2 is 2.06 bits per heavy atom. The number of nitrogens with two attached hydrogens (primary N) is 1. The van der Waals surface area contributed by atoms with Crippen molar-refractivity contribution in [1.29, 1.82) is 0 Å². The van der Waals surface area contributed by atoms with Crippen LogP contribution in [0.1, 0.15) is 0 Å². The molecule has 0 fully saturated rings. The van der Waals surface area contributed by atoms with E-state index in [9.17, 15) is 0 Å². The summed E-state index contributed by atoms with van der Waals surface area (Å²) in [6, 6.07) is 7.87. The molecule has 3 N–H and O–H groups in total. The Kier molecular flexibility index (Phi) is 3.58. The van der Waals surface area contributed by atoms with Gasteiger partial charge in [-0.1, -0.05) is 21.1 Å². The minimum Gasteiger partial charge on any atom is -0.379 e. The highest BCUT2D eigenvalue weighted by atomic mass is 79.9. The molecule has 16 heavy (non-hydrogen) atoms. The fourth-order valence-corrected chi connectivity index (χ4v) is 1.65. The molecule has 0 aliphatic carbocycles. The number of nitrogens with zero attached hydrogens (tertiary/aromatic N) is 1. The number of hydrogen-bond donors (Lipinski definition) is 2. The zero-order chi connectivity index (χ0) is 11.4. The van der Waals surface area contributed by atoms with Crippen molar-refractivity contribution < 1.29 is 4.52 Å². The third-order valence-electron chi connectivity index (χ3n) is 2.14.